The summed E-state index contributed by atoms with van der Waals surface area (Å²) in [6.45, 7) is 8.39. The van der Waals surface area contributed by atoms with E-state index in [1.54, 1.807) is 0 Å². The zero-order valence-electron chi connectivity index (χ0n) is 12.8. The molecule has 2 N–H and O–H groups in total. The van der Waals surface area contributed by atoms with Crippen LogP contribution >= 0.6 is 0 Å². The van der Waals surface area contributed by atoms with E-state index in [4.69, 9.17) is 9.15 Å². The molecule has 0 aliphatic heterocycles. The fourth-order valence-corrected chi connectivity index (χ4v) is 1.84. The molecule has 0 saturated heterocycles. The summed E-state index contributed by atoms with van der Waals surface area (Å²) in [4.78, 5) is 15.7. The van der Waals surface area contributed by atoms with Crippen molar-refractivity contribution >= 4 is 22.9 Å². The Bertz CT molecular complexity index is 629. The monoisotopic (exact) mass is 291 g/mol. The Kier molecular flexibility index (Phi) is 4.35. The van der Waals surface area contributed by atoms with Crippen molar-refractivity contribution in [3.05, 3.63) is 24.1 Å². The SMILES string of the molecule is Cc1nc2cc(NCCNC(=O)OC(C)(C)C)ccc2o1. The lowest BCUT2D eigenvalue weighted by molar-refractivity contribution is 0.0530. The van der Waals surface area contributed by atoms with Crippen molar-refractivity contribution in [2.75, 3.05) is 18.4 Å². The summed E-state index contributed by atoms with van der Waals surface area (Å²) >= 11 is 0. The van der Waals surface area contributed by atoms with Crippen molar-refractivity contribution in [2.24, 2.45) is 0 Å². The van der Waals surface area contributed by atoms with Gasteiger partial charge < -0.3 is 19.8 Å². The van der Waals surface area contributed by atoms with Crippen LogP contribution in [-0.4, -0.2) is 29.8 Å². The van der Waals surface area contributed by atoms with Gasteiger partial charge in [-0.05, 0) is 39.0 Å². The average molecular weight is 291 g/mol. The highest BCUT2D eigenvalue weighted by Gasteiger charge is 2.15. The second-order valence-corrected chi connectivity index (χ2v) is 5.77. The molecule has 2 rings (SSSR count). The van der Waals surface area contributed by atoms with Crippen LogP contribution in [0.25, 0.3) is 11.1 Å². The van der Waals surface area contributed by atoms with E-state index >= 15 is 0 Å². The van der Waals surface area contributed by atoms with Crippen molar-refractivity contribution < 1.29 is 13.9 Å². The number of aromatic nitrogens is 1. The van der Waals surface area contributed by atoms with Crippen molar-refractivity contribution in [1.82, 2.24) is 10.3 Å². The summed E-state index contributed by atoms with van der Waals surface area (Å²) in [5.41, 5.74) is 2.04. The van der Waals surface area contributed by atoms with Gasteiger partial charge in [0, 0.05) is 25.7 Å². The molecule has 114 valence electrons. The molecule has 2 aromatic rings. The van der Waals surface area contributed by atoms with E-state index in [0.29, 0.717) is 19.0 Å². The van der Waals surface area contributed by atoms with E-state index in [1.165, 1.54) is 0 Å². The summed E-state index contributed by atoms with van der Waals surface area (Å²) in [5, 5.41) is 5.91. The average Bonchev–Trinajstić information content (AvgIpc) is 2.71. The molecule has 1 heterocycles. The number of oxazole rings is 1. The van der Waals surface area contributed by atoms with E-state index in [-0.39, 0.29) is 0 Å². The highest BCUT2D eigenvalue weighted by molar-refractivity contribution is 5.77. The standard InChI is InChI=1S/C15H21N3O3/c1-10-18-12-9-11(5-6-13(12)20-10)16-7-8-17-14(19)21-15(2,3)4/h5-6,9,16H,7-8H2,1-4H3,(H,17,19). The second kappa shape index (κ2) is 6.03. The normalized spacial score (nSPS) is 11.4. The number of nitrogens with zero attached hydrogens (tertiary/aromatic N) is 1. The van der Waals surface area contributed by atoms with Gasteiger partial charge in [0.05, 0.1) is 0 Å². The molecule has 1 aromatic heterocycles. The zero-order valence-corrected chi connectivity index (χ0v) is 12.8. The fourth-order valence-electron chi connectivity index (χ4n) is 1.84. The minimum absolute atomic E-state index is 0.410. The van der Waals surface area contributed by atoms with Gasteiger partial charge in [0.15, 0.2) is 11.5 Å². The van der Waals surface area contributed by atoms with Gasteiger partial charge in [-0.2, -0.15) is 0 Å². The topological polar surface area (TPSA) is 76.4 Å². The number of aryl methyl sites for hydroxylation is 1. The molecule has 0 aliphatic carbocycles. The van der Waals surface area contributed by atoms with Crippen molar-refractivity contribution in [2.45, 2.75) is 33.3 Å². The number of carbonyl (C=O) groups is 1. The van der Waals surface area contributed by atoms with Gasteiger partial charge in [0.25, 0.3) is 0 Å². The van der Waals surface area contributed by atoms with E-state index in [9.17, 15) is 4.79 Å². The van der Waals surface area contributed by atoms with Crippen molar-refractivity contribution in [1.29, 1.82) is 0 Å². The highest BCUT2D eigenvalue weighted by atomic mass is 16.6. The molecule has 1 aromatic carbocycles. The first-order valence-corrected chi connectivity index (χ1v) is 6.91. The molecular weight excluding hydrogens is 270 g/mol. The quantitative estimate of drug-likeness (QED) is 0.847. The number of alkyl carbamates (subject to hydrolysis) is 1. The molecule has 1 amide bonds. The Morgan fingerprint density at radius 2 is 2.10 bits per heavy atom. The lowest BCUT2D eigenvalue weighted by atomic mass is 10.2. The smallest absolute Gasteiger partial charge is 0.407 e. The number of fused-ring (bicyclic) bond motifs is 1. The minimum atomic E-state index is -0.479. The van der Waals surface area contributed by atoms with Gasteiger partial charge in [-0.1, -0.05) is 0 Å². The number of anilines is 1. The summed E-state index contributed by atoms with van der Waals surface area (Å²) in [6.07, 6.45) is -0.410. The third-order valence-corrected chi connectivity index (χ3v) is 2.62. The van der Waals surface area contributed by atoms with E-state index in [0.717, 1.165) is 16.8 Å². The van der Waals surface area contributed by atoms with Crippen LogP contribution in [0.1, 0.15) is 26.7 Å². The number of hydrogen-bond acceptors (Lipinski definition) is 5. The van der Waals surface area contributed by atoms with Crippen LogP contribution in [0.3, 0.4) is 0 Å². The van der Waals surface area contributed by atoms with Gasteiger partial charge in [-0.15, -0.1) is 0 Å². The summed E-state index contributed by atoms with van der Waals surface area (Å²) in [5.74, 6) is 0.647. The number of rotatable bonds is 4. The van der Waals surface area contributed by atoms with Crippen LogP contribution in [0.4, 0.5) is 10.5 Å². The Morgan fingerprint density at radius 3 is 2.81 bits per heavy atom. The number of amides is 1. The summed E-state index contributed by atoms with van der Waals surface area (Å²) < 4.78 is 10.6. The summed E-state index contributed by atoms with van der Waals surface area (Å²) in [7, 11) is 0. The van der Waals surface area contributed by atoms with Crippen molar-refractivity contribution in [3.8, 4) is 0 Å². The molecule has 0 aliphatic rings. The van der Waals surface area contributed by atoms with Crippen LogP contribution < -0.4 is 10.6 Å². The predicted octanol–water partition coefficient (Wildman–Crippen LogP) is 3.07. The number of ether oxygens (including phenoxy) is 1. The zero-order chi connectivity index (χ0) is 15.5. The summed E-state index contributed by atoms with van der Waals surface area (Å²) in [6, 6.07) is 5.71. The Morgan fingerprint density at radius 1 is 1.33 bits per heavy atom. The maximum absolute atomic E-state index is 11.5. The van der Waals surface area contributed by atoms with Crippen LogP contribution in [0.2, 0.25) is 0 Å². The lowest BCUT2D eigenvalue weighted by Gasteiger charge is -2.19. The van der Waals surface area contributed by atoms with Gasteiger partial charge in [-0.25, -0.2) is 9.78 Å². The van der Waals surface area contributed by atoms with Gasteiger partial charge in [0.1, 0.15) is 11.1 Å². The number of carbonyl (C=O) groups excluding carboxylic acids is 1. The van der Waals surface area contributed by atoms with Crippen molar-refractivity contribution in [3.63, 3.8) is 0 Å². The van der Waals surface area contributed by atoms with Gasteiger partial charge >= 0.3 is 6.09 Å². The third-order valence-electron chi connectivity index (χ3n) is 2.62. The van der Waals surface area contributed by atoms with E-state index in [1.807, 2.05) is 45.9 Å². The van der Waals surface area contributed by atoms with Gasteiger partial charge in [-0.3, -0.25) is 0 Å². The molecule has 0 saturated carbocycles. The highest BCUT2D eigenvalue weighted by Crippen LogP contribution is 2.19. The third kappa shape index (κ3) is 4.66. The molecule has 0 radical (unpaired) electrons. The van der Waals surface area contributed by atoms with Crippen LogP contribution in [-0.2, 0) is 4.74 Å². The maximum atomic E-state index is 11.5. The molecule has 0 atom stereocenters. The van der Waals surface area contributed by atoms with E-state index < -0.39 is 11.7 Å². The number of hydrogen-bond donors (Lipinski definition) is 2. The molecular formula is C15H21N3O3. The maximum Gasteiger partial charge on any atom is 0.407 e. The molecule has 0 bridgehead atoms. The first kappa shape index (κ1) is 15.2. The lowest BCUT2D eigenvalue weighted by Crippen LogP contribution is -2.34. The molecule has 0 fully saturated rings. The molecule has 6 heteroatoms. The molecule has 6 nitrogen and oxygen atoms in total. The molecule has 0 unspecified atom stereocenters. The van der Waals surface area contributed by atoms with E-state index in [2.05, 4.69) is 15.6 Å². The Balaban J connectivity index is 1.78. The first-order valence-electron chi connectivity index (χ1n) is 6.91. The number of benzene rings is 1. The van der Waals surface area contributed by atoms with Gasteiger partial charge in [0.2, 0.25) is 0 Å². The molecule has 21 heavy (non-hydrogen) atoms. The Hall–Kier alpha value is -2.24. The predicted molar refractivity (Wildman–Crippen MR) is 81.5 cm³/mol. The largest absolute Gasteiger partial charge is 0.444 e. The van der Waals surface area contributed by atoms with Crippen LogP contribution in [0.5, 0.6) is 0 Å². The number of nitrogens with one attached hydrogen (secondary N) is 2. The molecule has 0 spiro atoms. The minimum Gasteiger partial charge on any atom is -0.444 e. The first-order chi connectivity index (χ1) is 9.83. The second-order valence-electron chi connectivity index (χ2n) is 5.77. The Labute approximate surface area is 123 Å². The fraction of sp³-hybridized carbons (Fsp3) is 0.467. The van der Waals surface area contributed by atoms with Crippen LogP contribution in [0, 0.1) is 6.92 Å². The van der Waals surface area contributed by atoms with Crippen LogP contribution in [0.15, 0.2) is 22.6 Å².